The smallest absolute Gasteiger partial charge is 0.336 e. The maximum atomic E-state index is 10.8. The molecule has 5 heteroatoms. The Morgan fingerprint density at radius 3 is 3.00 bits per heavy atom. The van der Waals surface area contributed by atoms with Gasteiger partial charge in [0.1, 0.15) is 0 Å². The molecule has 0 spiro atoms. The average molecular weight is 316 g/mol. The summed E-state index contributed by atoms with van der Waals surface area (Å²) < 4.78 is 0.621. The van der Waals surface area contributed by atoms with Crippen molar-refractivity contribution in [3.8, 4) is 0 Å². The van der Waals surface area contributed by atoms with Gasteiger partial charge in [-0.2, -0.15) is 11.8 Å². The van der Waals surface area contributed by atoms with Crippen molar-refractivity contribution in [2.75, 3.05) is 23.4 Å². The highest BCUT2D eigenvalue weighted by Crippen LogP contribution is 2.25. The van der Waals surface area contributed by atoms with E-state index >= 15 is 0 Å². The second-order valence-electron chi connectivity index (χ2n) is 4.11. The van der Waals surface area contributed by atoms with Crippen LogP contribution in [0.4, 0.5) is 5.69 Å². The van der Waals surface area contributed by atoms with Crippen molar-refractivity contribution in [2.45, 2.75) is 6.42 Å². The lowest BCUT2D eigenvalue weighted by Crippen LogP contribution is -2.13. The largest absolute Gasteiger partial charge is 0.478 e. The number of rotatable bonds is 4. The lowest BCUT2D eigenvalue weighted by atomic mass is 10.1. The van der Waals surface area contributed by atoms with Crippen LogP contribution in [0.1, 0.15) is 16.8 Å². The quantitative estimate of drug-likeness (QED) is 0.895. The van der Waals surface area contributed by atoms with E-state index in [4.69, 9.17) is 5.11 Å². The summed E-state index contributed by atoms with van der Waals surface area (Å²) in [6.07, 6.45) is 1.27. The number of nitrogens with one attached hydrogen (secondary N) is 1. The molecule has 0 aliphatic carbocycles. The molecule has 1 atom stereocenters. The fourth-order valence-electron chi connectivity index (χ4n) is 1.81. The van der Waals surface area contributed by atoms with Crippen LogP contribution < -0.4 is 5.32 Å². The molecular weight excluding hydrogens is 302 g/mol. The minimum absolute atomic E-state index is 0.298. The molecule has 1 aliphatic heterocycles. The summed E-state index contributed by atoms with van der Waals surface area (Å²) in [5.74, 6) is 2.31. The molecule has 1 fully saturated rings. The predicted molar refractivity (Wildman–Crippen MR) is 75.0 cm³/mol. The first kappa shape index (κ1) is 12.8. The van der Waals surface area contributed by atoms with Crippen LogP contribution in [0.5, 0.6) is 0 Å². The third kappa shape index (κ3) is 3.39. The van der Waals surface area contributed by atoms with E-state index in [1.165, 1.54) is 17.9 Å². The lowest BCUT2D eigenvalue weighted by Gasteiger charge is -2.12. The van der Waals surface area contributed by atoms with Crippen molar-refractivity contribution in [2.24, 2.45) is 5.92 Å². The number of carboxylic acids is 1. The van der Waals surface area contributed by atoms with Crippen LogP contribution in [0.2, 0.25) is 0 Å². The number of hydrogen-bond donors (Lipinski definition) is 2. The van der Waals surface area contributed by atoms with E-state index in [2.05, 4.69) is 21.2 Å². The van der Waals surface area contributed by atoms with E-state index in [1.54, 1.807) is 6.07 Å². The molecule has 1 saturated heterocycles. The first-order valence-electron chi connectivity index (χ1n) is 5.51. The molecule has 17 heavy (non-hydrogen) atoms. The molecule has 0 amide bonds. The number of hydrogen-bond acceptors (Lipinski definition) is 3. The molecule has 2 N–H and O–H groups in total. The highest BCUT2D eigenvalue weighted by atomic mass is 79.9. The van der Waals surface area contributed by atoms with E-state index in [9.17, 15) is 4.79 Å². The Morgan fingerprint density at radius 1 is 1.59 bits per heavy atom. The topological polar surface area (TPSA) is 49.3 Å². The van der Waals surface area contributed by atoms with Gasteiger partial charge in [-0.15, -0.1) is 0 Å². The van der Waals surface area contributed by atoms with Crippen LogP contribution >= 0.6 is 27.7 Å². The molecule has 1 aliphatic rings. The van der Waals surface area contributed by atoms with Crippen molar-refractivity contribution in [1.29, 1.82) is 0 Å². The monoisotopic (exact) mass is 315 g/mol. The number of anilines is 1. The summed E-state index contributed by atoms with van der Waals surface area (Å²) in [5, 5.41) is 12.3. The molecular formula is C12H14BrNO2S. The highest BCUT2D eigenvalue weighted by molar-refractivity contribution is 9.10. The molecule has 1 heterocycles. The van der Waals surface area contributed by atoms with Gasteiger partial charge in [-0.25, -0.2) is 4.79 Å². The van der Waals surface area contributed by atoms with Gasteiger partial charge in [0.15, 0.2) is 0 Å². The number of carbonyl (C=O) groups is 1. The number of halogens is 1. The number of carboxylic acid groups (broad SMARTS) is 1. The predicted octanol–water partition coefficient (Wildman–Crippen LogP) is 3.31. The average Bonchev–Trinajstić information content (AvgIpc) is 2.78. The van der Waals surface area contributed by atoms with Crippen LogP contribution in [-0.2, 0) is 0 Å². The van der Waals surface area contributed by atoms with E-state index in [1.807, 2.05) is 23.9 Å². The van der Waals surface area contributed by atoms with Crippen molar-refractivity contribution in [3.05, 3.63) is 28.2 Å². The molecule has 1 unspecified atom stereocenters. The standard InChI is InChI=1S/C12H14BrNO2S/c13-11-5-9(1-2-10(11)12(15)16)14-6-8-3-4-17-7-8/h1-2,5,8,14H,3-4,6-7H2,(H,15,16). The summed E-state index contributed by atoms with van der Waals surface area (Å²) in [5.41, 5.74) is 1.27. The molecule has 3 nitrogen and oxygen atoms in total. The van der Waals surface area contributed by atoms with Gasteiger partial charge in [-0.05, 0) is 58.0 Å². The third-order valence-electron chi connectivity index (χ3n) is 2.82. The highest BCUT2D eigenvalue weighted by Gasteiger charge is 2.15. The maximum Gasteiger partial charge on any atom is 0.336 e. The SMILES string of the molecule is O=C(O)c1ccc(NCC2CCSC2)cc1Br. The minimum atomic E-state index is -0.907. The Morgan fingerprint density at radius 2 is 2.41 bits per heavy atom. The Kier molecular flexibility index (Phi) is 4.34. The Labute approximate surface area is 113 Å². The van der Waals surface area contributed by atoms with Crippen LogP contribution in [0.25, 0.3) is 0 Å². The van der Waals surface area contributed by atoms with Crippen molar-refractivity contribution < 1.29 is 9.90 Å². The van der Waals surface area contributed by atoms with E-state index in [-0.39, 0.29) is 0 Å². The number of thioether (sulfide) groups is 1. The van der Waals surface area contributed by atoms with Crippen LogP contribution in [0, 0.1) is 5.92 Å². The molecule has 0 aromatic heterocycles. The zero-order valence-electron chi connectivity index (χ0n) is 9.28. The summed E-state index contributed by atoms with van der Waals surface area (Å²) in [6, 6.07) is 5.26. The first-order valence-corrected chi connectivity index (χ1v) is 7.46. The van der Waals surface area contributed by atoms with Gasteiger partial charge in [0, 0.05) is 16.7 Å². The maximum absolute atomic E-state index is 10.8. The molecule has 0 radical (unpaired) electrons. The van der Waals surface area contributed by atoms with Gasteiger partial charge in [0.25, 0.3) is 0 Å². The molecule has 1 aromatic carbocycles. The third-order valence-corrected chi connectivity index (χ3v) is 4.71. The van der Waals surface area contributed by atoms with Gasteiger partial charge < -0.3 is 10.4 Å². The van der Waals surface area contributed by atoms with Gasteiger partial charge in [0.05, 0.1) is 5.56 Å². The Bertz CT molecular complexity index is 419. The van der Waals surface area contributed by atoms with Crippen LogP contribution in [0.3, 0.4) is 0 Å². The van der Waals surface area contributed by atoms with Gasteiger partial charge in [-0.3, -0.25) is 0 Å². The fourth-order valence-corrected chi connectivity index (χ4v) is 3.64. The summed E-state index contributed by atoms with van der Waals surface area (Å²) in [7, 11) is 0. The van der Waals surface area contributed by atoms with Gasteiger partial charge in [0.2, 0.25) is 0 Å². The number of aromatic carboxylic acids is 1. The van der Waals surface area contributed by atoms with Crippen molar-refractivity contribution in [3.63, 3.8) is 0 Å². The Balaban J connectivity index is 1.97. The normalized spacial score (nSPS) is 19.2. The molecule has 2 rings (SSSR count). The van der Waals surface area contributed by atoms with Gasteiger partial charge >= 0.3 is 5.97 Å². The Hall–Kier alpha value is -0.680. The first-order chi connectivity index (χ1) is 8.16. The van der Waals surface area contributed by atoms with Crippen molar-refractivity contribution >= 4 is 39.3 Å². The molecule has 0 bridgehead atoms. The molecule has 0 saturated carbocycles. The molecule has 92 valence electrons. The zero-order valence-corrected chi connectivity index (χ0v) is 11.7. The summed E-state index contributed by atoms with van der Waals surface area (Å²) in [4.78, 5) is 10.8. The number of benzene rings is 1. The van der Waals surface area contributed by atoms with E-state index in [0.29, 0.717) is 10.0 Å². The molecule has 1 aromatic rings. The van der Waals surface area contributed by atoms with Crippen LogP contribution in [-0.4, -0.2) is 29.1 Å². The van der Waals surface area contributed by atoms with Crippen molar-refractivity contribution in [1.82, 2.24) is 0 Å². The minimum Gasteiger partial charge on any atom is -0.478 e. The summed E-state index contributed by atoms with van der Waals surface area (Å²) >= 11 is 5.28. The lowest BCUT2D eigenvalue weighted by molar-refractivity contribution is 0.0696. The van der Waals surface area contributed by atoms with Crippen LogP contribution in [0.15, 0.2) is 22.7 Å². The second kappa shape index (κ2) is 5.78. The van der Waals surface area contributed by atoms with E-state index < -0.39 is 5.97 Å². The second-order valence-corrected chi connectivity index (χ2v) is 6.11. The summed E-state index contributed by atoms with van der Waals surface area (Å²) in [6.45, 7) is 0.964. The fraction of sp³-hybridized carbons (Fsp3) is 0.417. The zero-order chi connectivity index (χ0) is 12.3. The van der Waals surface area contributed by atoms with Gasteiger partial charge in [-0.1, -0.05) is 0 Å². The van der Waals surface area contributed by atoms with E-state index in [0.717, 1.165) is 18.2 Å².